The van der Waals surface area contributed by atoms with Crippen LogP contribution in [0.15, 0.2) is 33.5 Å². The van der Waals surface area contributed by atoms with Gasteiger partial charge in [-0.2, -0.15) is 0 Å². The minimum atomic E-state index is -0.355. The Kier molecular flexibility index (Phi) is 3.38. The number of hydrogen-bond acceptors (Lipinski definition) is 2. The van der Waals surface area contributed by atoms with Crippen molar-refractivity contribution in [1.82, 2.24) is 9.97 Å². The quantitative estimate of drug-likeness (QED) is 0.926. The molecule has 0 fully saturated rings. The van der Waals surface area contributed by atoms with E-state index in [0.29, 0.717) is 28.0 Å². The minimum absolute atomic E-state index is 0.254. The van der Waals surface area contributed by atoms with Crippen LogP contribution in [0.4, 0.5) is 4.39 Å². The second-order valence-corrected chi connectivity index (χ2v) is 4.33. The third kappa shape index (κ3) is 2.44. The summed E-state index contributed by atoms with van der Waals surface area (Å²) in [5, 5.41) is 0. The van der Waals surface area contributed by atoms with Crippen molar-refractivity contribution in [3.05, 3.63) is 50.6 Å². The van der Waals surface area contributed by atoms with Crippen molar-refractivity contribution in [2.75, 3.05) is 0 Å². The largest absolute Gasteiger partial charge is 0.306 e. The van der Waals surface area contributed by atoms with Crippen LogP contribution in [0.25, 0.3) is 11.4 Å². The summed E-state index contributed by atoms with van der Waals surface area (Å²) in [4.78, 5) is 18.5. The zero-order chi connectivity index (χ0) is 12.4. The number of H-pyrrole nitrogens is 1. The van der Waals surface area contributed by atoms with Crippen LogP contribution in [0.2, 0.25) is 0 Å². The Morgan fingerprint density at radius 1 is 1.47 bits per heavy atom. The first-order valence-corrected chi connectivity index (χ1v) is 5.95. The Hall–Kier alpha value is -1.49. The number of nitrogens with zero attached hydrogens (tertiary/aromatic N) is 1. The molecule has 0 radical (unpaired) electrons. The van der Waals surface area contributed by atoms with Crippen molar-refractivity contribution >= 4 is 15.9 Å². The predicted octanol–water partition coefficient (Wildman–Crippen LogP) is 2.90. The number of aromatic amines is 1. The lowest BCUT2D eigenvalue weighted by atomic mass is 10.2. The molecule has 1 aromatic carbocycles. The zero-order valence-electron chi connectivity index (χ0n) is 9.13. The number of benzene rings is 1. The second-order valence-electron chi connectivity index (χ2n) is 3.54. The normalized spacial score (nSPS) is 10.5. The molecule has 0 unspecified atom stereocenters. The second kappa shape index (κ2) is 4.79. The molecule has 0 amide bonds. The first kappa shape index (κ1) is 12.0. The van der Waals surface area contributed by atoms with Gasteiger partial charge in [0.2, 0.25) is 0 Å². The van der Waals surface area contributed by atoms with Crippen LogP contribution in [0.3, 0.4) is 0 Å². The first-order valence-electron chi connectivity index (χ1n) is 5.16. The van der Waals surface area contributed by atoms with Gasteiger partial charge in [-0.25, -0.2) is 9.37 Å². The fraction of sp³-hybridized carbons (Fsp3) is 0.167. The lowest BCUT2D eigenvalue weighted by Gasteiger charge is -2.05. The van der Waals surface area contributed by atoms with Crippen molar-refractivity contribution in [3.63, 3.8) is 0 Å². The van der Waals surface area contributed by atoms with Gasteiger partial charge in [-0.05, 0) is 34.5 Å². The SMILES string of the molecule is CCc1nc(-c2cccc(F)c2)[nH]c(=O)c1Br. The Balaban J connectivity index is 2.61. The zero-order valence-corrected chi connectivity index (χ0v) is 10.7. The van der Waals surface area contributed by atoms with Gasteiger partial charge in [-0.1, -0.05) is 19.1 Å². The predicted molar refractivity (Wildman–Crippen MR) is 67.3 cm³/mol. The van der Waals surface area contributed by atoms with E-state index in [1.807, 2.05) is 6.92 Å². The number of halogens is 2. The van der Waals surface area contributed by atoms with Gasteiger partial charge in [0.15, 0.2) is 0 Å². The number of aryl methyl sites for hydroxylation is 1. The third-order valence-corrected chi connectivity index (χ3v) is 3.18. The monoisotopic (exact) mass is 296 g/mol. The first-order chi connectivity index (χ1) is 8.11. The van der Waals surface area contributed by atoms with Crippen molar-refractivity contribution in [1.29, 1.82) is 0 Å². The maximum atomic E-state index is 13.1. The molecule has 0 aliphatic rings. The molecular formula is C12H10BrFN2O. The average molecular weight is 297 g/mol. The smallest absolute Gasteiger partial charge is 0.265 e. The molecule has 2 aromatic rings. The molecule has 2 rings (SSSR count). The van der Waals surface area contributed by atoms with Crippen molar-refractivity contribution in [3.8, 4) is 11.4 Å². The average Bonchev–Trinajstić information content (AvgIpc) is 2.32. The standard InChI is InChI=1S/C12H10BrFN2O/c1-2-9-10(13)12(17)16-11(15-9)7-4-3-5-8(14)6-7/h3-6H,2H2,1H3,(H,15,16,17). The summed E-state index contributed by atoms with van der Waals surface area (Å²) >= 11 is 3.18. The van der Waals surface area contributed by atoms with Gasteiger partial charge in [0.1, 0.15) is 16.1 Å². The maximum absolute atomic E-state index is 13.1. The summed E-state index contributed by atoms with van der Waals surface area (Å²) in [5.41, 5.74) is 0.966. The molecule has 0 atom stereocenters. The van der Waals surface area contributed by atoms with E-state index in [9.17, 15) is 9.18 Å². The topological polar surface area (TPSA) is 45.8 Å². The summed E-state index contributed by atoms with van der Waals surface area (Å²) in [6.45, 7) is 1.90. The minimum Gasteiger partial charge on any atom is -0.306 e. The van der Waals surface area contributed by atoms with Gasteiger partial charge in [0, 0.05) is 5.56 Å². The van der Waals surface area contributed by atoms with Crippen molar-refractivity contribution < 1.29 is 4.39 Å². The van der Waals surface area contributed by atoms with Crippen LogP contribution in [-0.4, -0.2) is 9.97 Å². The Morgan fingerprint density at radius 3 is 2.88 bits per heavy atom. The van der Waals surface area contributed by atoms with Crippen molar-refractivity contribution in [2.24, 2.45) is 0 Å². The van der Waals surface area contributed by atoms with Gasteiger partial charge in [0.25, 0.3) is 5.56 Å². The molecule has 0 saturated carbocycles. The maximum Gasteiger partial charge on any atom is 0.265 e. The van der Waals surface area contributed by atoms with E-state index < -0.39 is 0 Å². The van der Waals surface area contributed by atoms with Gasteiger partial charge in [0.05, 0.1) is 5.69 Å². The Labute approximate surface area is 106 Å². The summed E-state index contributed by atoms with van der Waals surface area (Å²) in [6.07, 6.45) is 0.632. The van der Waals surface area contributed by atoms with Crippen LogP contribution in [0, 0.1) is 5.82 Å². The van der Waals surface area contributed by atoms with E-state index in [2.05, 4.69) is 25.9 Å². The van der Waals surface area contributed by atoms with Gasteiger partial charge in [-0.3, -0.25) is 4.79 Å². The lowest BCUT2D eigenvalue weighted by molar-refractivity contribution is 0.628. The van der Waals surface area contributed by atoms with E-state index in [0.717, 1.165) is 0 Å². The summed E-state index contributed by atoms with van der Waals surface area (Å²) in [7, 11) is 0. The molecule has 1 N–H and O–H groups in total. The van der Waals surface area contributed by atoms with Crippen LogP contribution in [-0.2, 0) is 6.42 Å². The molecular weight excluding hydrogens is 287 g/mol. The molecule has 0 bridgehead atoms. The summed E-state index contributed by atoms with van der Waals surface area (Å²) < 4.78 is 13.5. The van der Waals surface area contributed by atoms with Crippen LogP contribution >= 0.6 is 15.9 Å². The van der Waals surface area contributed by atoms with Crippen molar-refractivity contribution in [2.45, 2.75) is 13.3 Å². The van der Waals surface area contributed by atoms with E-state index in [1.165, 1.54) is 12.1 Å². The molecule has 0 aliphatic heterocycles. The molecule has 0 saturated heterocycles. The number of rotatable bonds is 2. The molecule has 3 nitrogen and oxygen atoms in total. The highest BCUT2D eigenvalue weighted by Crippen LogP contribution is 2.17. The molecule has 1 aromatic heterocycles. The number of nitrogens with one attached hydrogen (secondary N) is 1. The van der Waals surface area contributed by atoms with Crippen LogP contribution in [0.1, 0.15) is 12.6 Å². The summed E-state index contributed by atoms with van der Waals surface area (Å²) in [6, 6.07) is 5.97. The lowest BCUT2D eigenvalue weighted by Crippen LogP contribution is -2.13. The Bertz CT molecular complexity index is 610. The molecule has 17 heavy (non-hydrogen) atoms. The highest BCUT2D eigenvalue weighted by molar-refractivity contribution is 9.10. The van der Waals surface area contributed by atoms with E-state index >= 15 is 0 Å². The highest BCUT2D eigenvalue weighted by atomic mass is 79.9. The van der Waals surface area contributed by atoms with Gasteiger partial charge < -0.3 is 4.98 Å². The molecule has 5 heteroatoms. The molecule has 0 spiro atoms. The fourth-order valence-electron chi connectivity index (χ4n) is 1.51. The third-order valence-electron chi connectivity index (χ3n) is 2.36. The van der Waals surface area contributed by atoms with Gasteiger partial charge in [-0.15, -0.1) is 0 Å². The fourth-order valence-corrected chi connectivity index (χ4v) is 1.98. The van der Waals surface area contributed by atoms with Crippen LogP contribution < -0.4 is 5.56 Å². The number of hydrogen-bond donors (Lipinski definition) is 1. The van der Waals surface area contributed by atoms with Gasteiger partial charge >= 0.3 is 0 Å². The molecule has 88 valence electrons. The number of aromatic nitrogens is 2. The van der Waals surface area contributed by atoms with E-state index in [1.54, 1.807) is 12.1 Å². The Morgan fingerprint density at radius 2 is 2.24 bits per heavy atom. The van der Waals surface area contributed by atoms with Crippen LogP contribution in [0.5, 0.6) is 0 Å². The summed E-state index contributed by atoms with van der Waals surface area (Å²) in [5.74, 6) is 0.0284. The molecule has 0 aliphatic carbocycles. The van der Waals surface area contributed by atoms with E-state index in [-0.39, 0.29) is 11.4 Å². The molecule has 1 heterocycles. The highest BCUT2D eigenvalue weighted by Gasteiger charge is 2.09. The van der Waals surface area contributed by atoms with E-state index in [4.69, 9.17) is 0 Å².